The Morgan fingerprint density at radius 2 is 1.95 bits per heavy atom. The second kappa shape index (κ2) is 10.7. The highest BCUT2D eigenvalue weighted by molar-refractivity contribution is 7.99. The van der Waals surface area contributed by atoms with E-state index in [-0.39, 0.29) is 6.61 Å². The van der Waals surface area contributed by atoms with E-state index >= 15 is 0 Å². The van der Waals surface area contributed by atoms with E-state index in [2.05, 4.69) is 25.7 Å². The normalized spacial score (nSPS) is 10.2. The van der Waals surface area contributed by atoms with Crippen LogP contribution < -0.4 is 4.74 Å². The van der Waals surface area contributed by atoms with Crippen molar-refractivity contribution in [3.63, 3.8) is 0 Å². The van der Waals surface area contributed by atoms with Crippen molar-refractivity contribution in [3.05, 3.63) is 29.8 Å². The van der Waals surface area contributed by atoms with E-state index in [0.29, 0.717) is 6.42 Å². The number of ether oxygens (including phenoxy) is 1. The molecule has 0 unspecified atom stereocenters. The lowest BCUT2D eigenvalue weighted by molar-refractivity contribution is 0.305. The Balaban J connectivity index is 2.20. The van der Waals surface area contributed by atoms with Gasteiger partial charge in [0, 0.05) is 17.7 Å². The monoisotopic (exact) mass is 292 g/mol. The molecule has 1 aromatic rings. The van der Waals surface area contributed by atoms with Crippen molar-refractivity contribution in [1.82, 2.24) is 0 Å². The summed E-state index contributed by atoms with van der Waals surface area (Å²) in [6.45, 7) is 5.37. The lowest BCUT2D eigenvalue weighted by Crippen LogP contribution is -2.01. The molecule has 2 nitrogen and oxygen atoms in total. The summed E-state index contributed by atoms with van der Waals surface area (Å²) in [4.78, 5) is 0. The first kappa shape index (κ1) is 16.9. The van der Waals surface area contributed by atoms with Crippen molar-refractivity contribution in [1.29, 1.82) is 0 Å². The van der Waals surface area contributed by atoms with Gasteiger partial charge in [-0.1, -0.05) is 25.7 Å². The van der Waals surface area contributed by atoms with Gasteiger partial charge in [-0.25, -0.2) is 0 Å². The largest absolute Gasteiger partial charge is 0.493 e. The average Bonchev–Trinajstić information content (AvgIpc) is 2.44. The van der Waals surface area contributed by atoms with Gasteiger partial charge in [0.25, 0.3) is 0 Å². The summed E-state index contributed by atoms with van der Waals surface area (Å²) < 4.78 is 5.68. The lowest BCUT2D eigenvalue weighted by Gasteiger charge is -2.07. The third-order valence-electron chi connectivity index (χ3n) is 2.66. The van der Waals surface area contributed by atoms with E-state index in [1.165, 1.54) is 12.2 Å². The molecule has 1 aromatic carbocycles. The maximum atomic E-state index is 8.65. The van der Waals surface area contributed by atoms with Crippen molar-refractivity contribution in [2.75, 3.05) is 24.7 Å². The van der Waals surface area contributed by atoms with Crippen LogP contribution in [-0.2, 0) is 0 Å². The lowest BCUT2D eigenvalue weighted by atomic mass is 10.2. The molecule has 0 aliphatic carbocycles. The number of benzene rings is 1. The highest BCUT2D eigenvalue weighted by Gasteiger charge is 1.96. The maximum absolute atomic E-state index is 8.65. The molecule has 0 aliphatic heterocycles. The van der Waals surface area contributed by atoms with Gasteiger partial charge >= 0.3 is 0 Å². The Hall–Kier alpha value is -1.11. The summed E-state index contributed by atoms with van der Waals surface area (Å²) in [6.07, 6.45) is 1.79. The molecule has 0 bridgehead atoms. The minimum Gasteiger partial charge on any atom is -0.493 e. The van der Waals surface area contributed by atoms with E-state index in [1.54, 1.807) is 0 Å². The molecule has 110 valence electrons. The molecule has 1 rings (SSSR count). The number of hydrogen-bond acceptors (Lipinski definition) is 3. The van der Waals surface area contributed by atoms with Gasteiger partial charge in [0.05, 0.1) is 13.2 Å². The van der Waals surface area contributed by atoms with Crippen LogP contribution in [0.4, 0.5) is 0 Å². The molecule has 0 heterocycles. The van der Waals surface area contributed by atoms with Gasteiger partial charge in [-0.05, 0) is 42.4 Å². The van der Waals surface area contributed by atoms with E-state index < -0.39 is 0 Å². The highest BCUT2D eigenvalue weighted by Crippen LogP contribution is 2.13. The van der Waals surface area contributed by atoms with Crippen molar-refractivity contribution >= 4 is 11.8 Å². The van der Waals surface area contributed by atoms with Crippen molar-refractivity contribution < 1.29 is 9.84 Å². The van der Waals surface area contributed by atoms with E-state index in [0.717, 1.165) is 29.6 Å². The number of hydrogen-bond donors (Lipinski definition) is 1. The van der Waals surface area contributed by atoms with Crippen LogP contribution in [0.15, 0.2) is 24.3 Å². The molecule has 0 saturated carbocycles. The van der Waals surface area contributed by atoms with Crippen LogP contribution in [0.25, 0.3) is 0 Å². The molecule has 0 amide bonds. The molecule has 0 fully saturated rings. The first-order valence-electron chi connectivity index (χ1n) is 7.12. The van der Waals surface area contributed by atoms with Crippen LogP contribution in [0.2, 0.25) is 0 Å². The molecule has 0 aromatic heterocycles. The zero-order chi connectivity index (χ0) is 14.6. The highest BCUT2D eigenvalue weighted by atomic mass is 32.2. The van der Waals surface area contributed by atoms with Crippen molar-refractivity contribution in [2.45, 2.75) is 26.7 Å². The zero-order valence-electron chi connectivity index (χ0n) is 12.4. The minimum absolute atomic E-state index is 0.114. The Kier molecular flexibility index (Phi) is 9.02. The molecule has 3 heteroatoms. The second-order valence-electron chi connectivity index (χ2n) is 4.94. The molecule has 20 heavy (non-hydrogen) atoms. The molecule has 0 atom stereocenters. The van der Waals surface area contributed by atoms with Gasteiger partial charge in [-0.15, -0.1) is 0 Å². The minimum atomic E-state index is 0.114. The van der Waals surface area contributed by atoms with Gasteiger partial charge in [0.1, 0.15) is 5.75 Å². The Morgan fingerprint density at radius 1 is 1.20 bits per heavy atom. The maximum Gasteiger partial charge on any atom is 0.119 e. The van der Waals surface area contributed by atoms with Gasteiger partial charge in [0.15, 0.2) is 0 Å². The van der Waals surface area contributed by atoms with Gasteiger partial charge in [-0.3, -0.25) is 0 Å². The summed E-state index contributed by atoms with van der Waals surface area (Å²) in [6, 6.07) is 7.79. The molecule has 0 saturated heterocycles. The predicted molar refractivity (Wildman–Crippen MR) is 87.3 cm³/mol. The third kappa shape index (κ3) is 8.14. The third-order valence-corrected chi connectivity index (χ3v) is 3.64. The fourth-order valence-corrected chi connectivity index (χ4v) is 2.54. The van der Waals surface area contributed by atoms with Crippen molar-refractivity contribution in [2.24, 2.45) is 5.92 Å². The fraction of sp³-hybridized carbons (Fsp3) is 0.529. The van der Waals surface area contributed by atoms with Gasteiger partial charge < -0.3 is 9.84 Å². The van der Waals surface area contributed by atoms with Crippen LogP contribution in [-0.4, -0.2) is 29.8 Å². The van der Waals surface area contributed by atoms with E-state index in [9.17, 15) is 0 Å². The van der Waals surface area contributed by atoms with Crippen LogP contribution in [0, 0.1) is 17.8 Å². The van der Waals surface area contributed by atoms with Gasteiger partial charge in [-0.2, -0.15) is 11.8 Å². The first-order valence-corrected chi connectivity index (χ1v) is 8.28. The van der Waals surface area contributed by atoms with Crippen LogP contribution in [0.5, 0.6) is 5.75 Å². The molecular formula is C17H24O2S. The number of aliphatic hydroxyl groups is 1. The van der Waals surface area contributed by atoms with Crippen molar-refractivity contribution in [3.8, 4) is 17.6 Å². The number of rotatable bonds is 8. The molecule has 0 aliphatic rings. The zero-order valence-corrected chi connectivity index (χ0v) is 13.2. The summed E-state index contributed by atoms with van der Waals surface area (Å²) in [7, 11) is 0. The standard InChI is InChI=1S/C17H24O2S/c1-15(2)10-13-20-14-12-19-17-8-6-16(7-9-17)5-3-4-11-18/h6-9,15,18H,4,10-14H2,1-2H3. The second-order valence-corrected chi connectivity index (χ2v) is 6.17. The summed E-state index contributed by atoms with van der Waals surface area (Å²) in [5.74, 6) is 9.81. The van der Waals surface area contributed by atoms with Crippen LogP contribution >= 0.6 is 11.8 Å². The fourth-order valence-electron chi connectivity index (χ4n) is 1.49. The number of aliphatic hydroxyl groups excluding tert-OH is 1. The van der Waals surface area contributed by atoms with E-state index in [1.807, 2.05) is 36.0 Å². The molecule has 1 N–H and O–H groups in total. The quantitative estimate of drug-likeness (QED) is 0.586. The predicted octanol–water partition coefficient (Wildman–Crippen LogP) is 3.58. The summed E-state index contributed by atoms with van der Waals surface area (Å²) >= 11 is 1.95. The molecular weight excluding hydrogens is 268 g/mol. The molecule has 0 radical (unpaired) electrons. The topological polar surface area (TPSA) is 29.5 Å². The smallest absolute Gasteiger partial charge is 0.119 e. The van der Waals surface area contributed by atoms with Crippen LogP contribution in [0.3, 0.4) is 0 Å². The first-order chi connectivity index (χ1) is 9.72. The summed E-state index contributed by atoms with van der Waals surface area (Å²) in [5.41, 5.74) is 0.956. The number of thioether (sulfide) groups is 1. The Labute approximate surface area is 126 Å². The Bertz CT molecular complexity index is 415. The molecule has 0 spiro atoms. The summed E-state index contributed by atoms with van der Waals surface area (Å²) in [5, 5.41) is 8.65. The van der Waals surface area contributed by atoms with Gasteiger partial charge in [0.2, 0.25) is 0 Å². The van der Waals surface area contributed by atoms with Crippen LogP contribution in [0.1, 0.15) is 32.3 Å². The van der Waals surface area contributed by atoms with E-state index in [4.69, 9.17) is 9.84 Å². The Morgan fingerprint density at radius 3 is 2.60 bits per heavy atom. The SMILES string of the molecule is CC(C)CCSCCOc1ccc(C#CCCO)cc1. The average molecular weight is 292 g/mol.